The van der Waals surface area contributed by atoms with Crippen LogP contribution in [0, 0.1) is 6.92 Å². The highest BCUT2D eigenvalue weighted by molar-refractivity contribution is 5.49. The van der Waals surface area contributed by atoms with Crippen molar-refractivity contribution < 1.29 is 0 Å². The van der Waals surface area contributed by atoms with Crippen LogP contribution in [0.5, 0.6) is 0 Å². The number of nitrogens with zero attached hydrogens (tertiary/aromatic N) is 2. The molecule has 0 aliphatic carbocycles. The summed E-state index contributed by atoms with van der Waals surface area (Å²) in [5, 5.41) is 3.50. The minimum absolute atomic E-state index is 0.750. The molecule has 1 aromatic carbocycles. The van der Waals surface area contributed by atoms with Gasteiger partial charge in [-0.2, -0.15) is 0 Å². The first-order chi connectivity index (χ1) is 9.33. The van der Waals surface area contributed by atoms with Crippen LogP contribution in [0.1, 0.15) is 18.4 Å². The summed E-state index contributed by atoms with van der Waals surface area (Å²) in [6, 6.07) is 9.66. The minimum Gasteiger partial charge on any atom is -0.370 e. The smallest absolute Gasteiger partial charge is 0.0369 e. The van der Waals surface area contributed by atoms with E-state index in [1.54, 1.807) is 0 Å². The molecule has 1 N–H and O–H groups in total. The van der Waals surface area contributed by atoms with Gasteiger partial charge in [0.25, 0.3) is 0 Å². The van der Waals surface area contributed by atoms with Gasteiger partial charge in [-0.05, 0) is 50.6 Å². The summed E-state index contributed by atoms with van der Waals surface area (Å²) >= 11 is 0. The van der Waals surface area contributed by atoms with Crippen LogP contribution in [0.25, 0.3) is 0 Å². The molecule has 2 saturated heterocycles. The lowest BCUT2D eigenvalue weighted by molar-refractivity contribution is 0.224. The van der Waals surface area contributed by atoms with Gasteiger partial charge in [-0.25, -0.2) is 0 Å². The Morgan fingerprint density at radius 2 is 2.11 bits per heavy atom. The molecule has 104 valence electrons. The normalized spacial score (nSPS) is 25.5. The molecule has 0 amide bonds. The first-order valence-corrected chi connectivity index (χ1v) is 7.59. The van der Waals surface area contributed by atoms with Gasteiger partial charge in [-0.15, -0.1) is 0 Å². The fourth-order valence-corrected chi connectivity index (χ4v) is 3.33. The molecule has 0 spiro atoms. The number of anilines is 1. The summed E-state index contributed by atoms with van der Waals surface area (Å²) in [6.45, 7) is 9.40. The Balaban J connectivity index is 1.63. The molecule has 3 rings (SSSR count). The highest BCUT2D eigenvalue weighted by Gasteiger charge is 2.27. The van der Waals surface area contributed by atoms with Gasteiger partial charge >= 0.3 is 0 Å². The van der Waals surface area contributed by atoms with Crippen LogP contribution in [0.3, 0.4) is 0 Å². The van der Waals surface area contributed by atoms with Crippen LogP contribution in [0.15, 0.2) is 24.3 Å². The van der Waals surface area contributed by atoms with Crippen molar-refractivity contribution in [3.63, 3.8) is 0 Å². The van der Waals surface area contributed by atoms with Crippen LogP contribution in [0.4, 0.5) is 5.69 Å². The third kappa shape index (κ3) is 3.10. The van der Waals surface area contributed by atoms with Gasteiger partial charge in [0.05, 0.1) is 0 Å². The number of aryl methyl sites for hydroxylation is 1. The first kappa shape index (κ1) is 12.9. The largest absolute Gasteiger partial charge is 0.370 e. The van der Waals surface area contributed by atoms with Crippen molar-refractivity contribution in [3.05, 3.63) is 29.8 Å². The highest BCUT2D eigenvalue weighted by Crippen LogP contribution is 2.24. The number of benzene rings is 1. The molecule has 0 radical (unpaired) electrons. The van der Waals surface area contributed by atoms with Gasteiger partial charge in [-0.1, -0.05) is 12.1 Å². The molecule has 1 aromatic rings. The zero-order chi connectivity index (χ0) is 13.1. The Morgan fingerprint density at radius 3 is 3.00 bits per heavy atom. The lowest BCUT2D eigenvalue weighted by Gasteiger charge is -2.27. The molecule has 3 heteroatoms. The summed E-state index contributed by atoms with van der Waals surface area (Å²) in [7, 11) is 0. The van der Waals surface area contributed by atoms with E-state index in [9.17, 15) is 0 Å². The molecule has 0 aromatic heterocycles. The Labute approximate surface area is 116 Å². The average Bonchev–Trinajstić information content (AvgIpc) is 2.75. The van der Waals surface area contributed by atoms with E-state index < -0.39 is 0 Å². The second-order valence-corrected chi connectivity index (χ2v) is 5.87. The monoisotopic (exact) mass is 259 g/mol. The lowest BCUT2D eigenvalue weighted by atomic mass is 10.2. The fourth-order valence-electron chi connectivity index (χ4n) is 3.33. The van der Waals surface area contributed by atoms with Crippen molar-refractivity contribution in [2.45, 2.75) is 25.8 Å². The van der Waals surface area contributed by atoms with E-state index in [-0.39, 0.29) is 0 Å². The summed E-state index contributed by atoms with van der Waals surface area (Å²) in [4.78, 5) is 5.24. The van der Waals surface area contributed by atoms with Gasteiger partial charge in [0.15, 0.2) is 0 Å². The zero-order valence-electron chi connectivity index (χ0n) is 11.9. The number of nitrogens with one attached hydrogen (secondary N) is 1. The quantitative estimate of drug-likeness (QED) is 0.875. The highest BCUT2D eigenvalue weighted by atomic mass is 15.3. The molecule has 2 aliphatic rings. The van der Waals surface area contributed by atoms with E-state index >= 15 is 0 Å². The van der Waals surface area contributed by atoms with E-state index in [1.165, 1.54) is 56.8 Å². The Hall–Kier alpha value is -1.06. The molecule has 2 fully saturated rings. The predicted octanol–water partition coefficient (Wildman–Crippen LogP) is 1.87. The van der Waals surface area contributed by atoms with E-state index in [4.69, 9.17) is 0 Å². The zero-order valence-corrected chi connectivity index (χ0v) is 11.9. The van der Waals surface area contributed by atoms with Gasteiger partial charge in [0.2, 0.25) is 0 Å². The van der Waals surface area contributed by atoms with E-state index in [0.29, 0.717) is 0 Å². The Bertz CT molecular complexity index is 410. The molecular formula is C16H25N3. The van der Waals surface area contributed by atoms with Crippen molar-refractivity contribution in [1.29, 1.82) is 0 Å². The first-order valence-electron chi connectivity index (χ1n) is 7.59. The maximum Gasteiger partial charge on any atom is 0.0369 e. The Morgan fingerprint density at radius 1 is 1.16 bits per heavy atom. The number of hydrogen-bond donors (Lipinski definition) is 1. The summed E-state index contributed by atoms with van der Waals surface area (Å²) in [5.41, 5.74) is 2.76. The second kappa shape index (κ2) is 5.93. The Kier molecular flexibility index (Phi) is 4.04. The van der Waals surface area contributed by atoms with E-state index in [0.717, 1.165) is 12.6 Å². The third-order valence-corrected chi connectivity index (χ3v) is 4.42. The van der Waals surface area contributed by atoms with Crippen LogP contribution in [-0.4, -0.2) is 50.2 Å². The molecule has 0 bridgehead atoms. The molecule has 2 aliphatic heterocycles. The van der Waals surface area contributed by atoms with Crippen molar-refractivity contribution in [3.8, 4) is 0 Å². The van der Waals surface area contributed by atoms with Crippen LogP contribution >= 0.6 is 0 Å². The SMILES string of the molecule is Cc1cccc(N2CCC(N3CCCNCC3)C2)c1. The summed E-state index contributed by atoms with van der Waals surface area (Å²) < 4.78 is 0. The molecule has 1 unspecified atom stereocenters. The third-order valence-electron chi connectivity index (χ3n) is 4.42. The lowest BCUT2D eigenvalue weighted by Crippen LogP contribution is -2.39. The number of rotatable bonds is 2. The molecule has 1 atom stereocenters. The summed E-state index contributed by atoms with van der Waals surface area (Å²) in [5.74, 6) is 0. The van der Waals surface area contributed by atoms with Gasteiger partial charge in [-0.3, -0.25) is 4.90 Å². The van der Waals surface area contributed by atoms with Crippen molar-refractivity contribution in [1.82, 2.24) is 10.2 Å². The summed E-state index contributed by atoms with van der Waals surface area (Å²) in [6.07, 6.45) is 2.61. The van der Waals surface area contributed by atoms with Crippen LogP contribution in [0.2, 0.25) is 0 Å². The maximum absolute atomic E-state index is 3.50. The van der Waals surface area contributed by atoms with Crippen LogP contribution < -0.4 is 10.2 Å². The van der Waals surface area contributed by atoms with Crippen molar-refractivity contribution >= 4 is 5.69 Å². The number of hydrogen-bond acceptors (Lipinski definition) is 3. The van der Waals surface area contributed by atoms with Crippen LogP contribution in [-0.2, 0) is 0 Å². The second-order valence-electron chi connectivity index (χ2n) is 5.87. The van der Waals surface area contributed by atoms with Gasteiger partial charge in [0.1, 0.15) is 0 Å². The molecule has 2 heterocycles. The van der Waals surface area contributed by atoms with Crippen molar-refractivity contribution in [2.24, 2.45) is 0 Å². The predicted molar refractivity (Wildman–Crippen MR) is 80.9 cm³/mol. The van der Waals surface area contributed by atoms with Crippen molar-refractivity contribution in [2.75, 3.05) is 44.2 Å². The fraction of sp³-hybridized carbons (Fsp3) is 0.625. The van der Waals surface area contributed by atoms with Gasteiger partial charge < -0.3 is 10.2 Å². The molecular weight excluding hydrogens is 234 g/mol. The maximum atomic E-state index is 3.50. The minimum atomic E-state index is 0.750. The van der Waals surface area contributed by atoms with E-state index in [2.05, 4.69) is 46.3 Å². The molecule has 0 saturated carbocycles. The average molecular weight is 259 g/mol. The van der Waals surface area contributed by atoms with Gasteiger partial charge in [0, 0.05) is 37.9 Å². The van der Waals surface area contributed by atoms with E-state index in [1.807, 2.05) is 0 Å². The molecule has 19 heavy (non-hydrogen) atoms. The standard InChI is InChI=1S/C16H25N3/c1-14-4-2-5-15(12-14)19-10-6-16(13-19)18-9-3-7-17-8-11-18/h2,4-5,12,16-17H,3,6-11,13H2,1H3. The molecule has 3 nitrogen and oxygen atoms in total. The topological polar surface area (TPSA) is 18.5 Å².